The van der Waals surface area contributed by atoms with Gasteiger partial charge in [-0.2, -0.15) is 13.2 Å². The zero-order valence-corrected chi connectivity index (χ0v) is 32.3. The lowest BCUT2D eigenvalue weighted by Crippen LogP contribution is -2.10. The van der Waals surface area contributed by atoms with Crippen LogP contribution < -0.4 is 19.6 Å². The van der Waals surface area contributed by atoms with Crippen molar-refractivity contribution in [3.63, 3.8) is 0 Å². The van der Waals surface area contributed by atoms with E-state index in [4.69, 9.17) is 18.6 Å². The second-order valence-electron chi connectivity index (χ2n) is 11.2. The highest BCUT2D eigenvalue weighted by Gasteiger charge is 2.30. The van der Waals surface area contributed by atoms with Gasteiger partial charge in [0.15, 0.2) is 5.78 Å². The Kier molecular flexibility index (Phi) is 20.5. The fourth-order valence-corrected chi connectivity index (χ4v) is 4.85. The molecule has 0 aliphatic carbocycles. The number of hydrogen-bond donors (Lipinski definition) is 0. The second-order valence-corrected chi connectivity index (χ2v) is 11.2. The molecule has 0 fully saturated rings. The minimum atomic E-state index is -4.50. The van der Waals surface area contributed by atoms with Crippen LogP contribution in [0.3, 0.4) is 0 Å². The number of methoxy groups -OCH3 is 3. The molecule has 0 saturated heterocycles. The third kappa shape index (κ3) is 13.2. The Morgan fingerprint density at radius 1 is 0.929 bits per heavy atom. The minimum absolute atomic E-state index is 0.0757. The predicted molar refractivity (Wildman–Crippen MR) is 220 cm³/mol. The lowest BCUT2D eigenvalue weighted by molar-refractivity contribution is -0.0903. The normalized spacial score (nSPS) is 13.8. The van der Waals surface area contributed by atoms with Gasteiger partial charge in [0.25, 0.3) is 0 Å². The second kappa shape index (κ2) is 24.1. The average molecular weight is 775 g/mol. The third-order valence-electron chi connectivity index (χ3n) is 7.27. The van der Waals surface area contributed by atoms with E-state index in [-0.39, 0.29) is 40.7 Å². The van der Waals surface area contributed by atoms with Gasteiger partial charge < -0.3 is 23.4 Å². The Morgan fingerprint density at radius 2 is 1.55 bits per heavy atom. The van der Waals surface area contributed by atoms with Crippen LogP contribution >= 0.6 is 0 Å². The molecule has 296 valence electrons. The molecule has 0 saturated carbocycles. The lowest BCUT2D eigenvalue weighted by atomic mass is 9.98. The van der Waals surface area contributed by atoms with Gasteiger partial charge in [-0.25, -0.2) is 4.39 Å². The van der Waals surface area contributed by atoms with Crippen LogP contribution in [-0.2, 0) is 4.74 Å². The van der Waals surface area contributed by atoms with Crippen molar-refractivity contribution in [3.8, 4) is 30.1 Å². The molecule has 3 aromatic carbocycles. The Labute approximate surface area is 325 Å². The largest absolute Gasteiger partial charge is 0.497 e. The predicted octanol–water partition coefficient (Wildman–Crippen LogP) is 11.5. The van der Waals surface area contributed by atoms with Crippen LogP contribution in [0.2, 0.25) is 0 Å². The zero-order chi connectivity index (χ0) is 42.4. The van der Waals surface area contributed by atoms with E-state index in [0.29, 0.717) is 34.0 Å². The maximum absolute atomic E-state index is 13.5. The number of fused-ring (bicyclic) bond motifs is 3. The summed E-state index contributed by atoms with van der Waals surface area (Å²) in [6.07, 6.45) is 17.3. The summed E-state index contributed by atoms with van der Waals surface area (Å²) in [6, 6.07) is 11.3. The van der Waals surface area contributed by atoms with Gasteiger partial charge >= 0.3 is 6.18 Å². The first kappa shape index (κ1) is 47.6. The van der Waals surface area contributed by atoms with E-state index < -0.39 is 23.0 Å². The van der Waals surface area contributed by atoms with Gasteiger partial charge in [0.2, 0.25) is 5.43 Å². The number of allylic oxidation sites excluding steroid dienone is 7. The van der Waals surface area contributed by atoms with Crippen molar-refractivity contribution in [1.29, 1.82) is 0 Å². The van der Waals surface area contributed by atoms with Crippen molar-refractivity contribution in [1.82, 2.24) is 0 Å². The van der Waals surface area contributed by atoms with Crippen LogP contribution in [0.4, 0.5) is 17.6 Å². The summed E-state index contributed by atoms with van der Waals surface area (Å²) in [5.74, 6) is 0.627. The fraction of sp³-hybridized carbons (Fsp3) is 0.200. The summed E-state index contributed by atoms with van der Waals surface area (Å²) >= 11 is 0. The van der Waals surface area contributed by atoms with Crippen molar-refractivity contribution in [2.75, 3.05) is 35.0 Å². The molecular weight excluding hydrogens is 728 g/mol. The Hall–Kier alpha value is -6.38. The van der Waals surface area contributed by atoms with E-state index in [2.05, 4.69) is 37.3 Å². The van der Waals surface area contributed by atoms with Crippen molar-refractivity contribution < 1.29 is 45.7 Å². The van der Waals surface area contributed by atoms with E-state index in [1.54, 1.807) is 81.0 Å². The monoisotopic (exact) mass is 774 g/mol. The third-order valence-corrected chi connectivity index (χ3v) is 7.27. The molecular formula is C45H46F4O7. The average Bonchev–Trinajstić information content (AvgIpc) is 3.18. The molecule has 4 aromatic rings. The number of Topliss-reactive ketones (excluding diaryl/α,β-unsaturated/α-hetero) is 1. The first-order chi connectivity index (χ1) is 26.8. The molecule has 7 nitrogen and oxygen atoms in total. The summed E-state index contributed by atoms with van der Waals surface area (Å²) in [5, 5.41) is 0.309. The summed E-state index contributed by atoms with van der Waals surface area (Å²) in [7, 11) is 6.20. The standard InChI is InChI=1S/C20H15F3O3.C18H17FO3.C3H6.C2H6O.C2H2/c1-4-12-5-7-17-18(14(12)9-11(2)20(21,22)23)19(24)15-10-13(25-3)6-8-16(15)26-17;1-3-4-7-13-10-11-16-17(18(13)21-2)15(20)9-6-5-8-14(19)12-22-16;2*1-3-2;1-2/h4-10H,1H2,2-3H3;3-8,10-11H,1,9,12H2,2H3;3H,1H2,2H3;1-2H3;1-2H/b11-9+;6-5-,7-4-,14-8+;;;. The Bertz CT molecular complexity index is 2180. The molecule has 0 radical (unpaired) electrons. The first-order valence-corrected chi connectivity index (χ1v) is 16.7. The van der Waals surface area contributed by atoms with Gasteiger partial charge in [-0.1, -0.05) is 61.8 Å². The number of carbonyl (C=O) groups is 1. The Balaban J connectivity index is 0.000000477. The van der Waals surface area contributed by atoms with Gasteiger partial charge in [0, 0.05) is 31.8 Å². The molecule has 5 rings (SSSR count). The van der Waals surface area contributed by atoms with E-state index in [0.717, 1.165) is 18.6 Å². The molecule has 2 heterocycles. The summed E-state index contributed by atoms with van der Waals surface area (Å²) < 4.78 is 78.4. The number of ketones is 1. The van der Waals surface area contributed by atoms with E-state index in [1.807, 2.05) is 6.92 Å². The van der Waals surface area contributed by atoms with Crippen molar-refractivity contribution in [2.45, 2.75) is 26.4 Å². The van der Waals surface area contributed by atoms with Crippen LogP contribution in [0.25, 0.3) is 40.2 Å². The zero-order valence-electron chi connectivity index (χ0n) is 32.3. The van der Waals surface area contributed by atoms with Crippen LogP contribution in [0.1, 0.15) is 47.3 Å². The molecule has 1 aliphatic rings. The first-order valence-electron chi connectivity index (χ1n) is 16.7. The van der Waals surface area contributed by atoms with Crippen molar-refractivity contribution in [3.05, 3.63) is 143 Å². The molecule has 1 aliphatic heterocycles. The molecule has 11 heteroatoms. The van der Waals surface area contributed by atoms with Crippen LogP contribution in [-0.4, -0.2) is 47.0 Å². The van der Waals surface area contributed by atoms with Crippen molar-refractivity contribution >= 4 is 45.9 Å². The molecule has 56 heavy (non-hydrogen) atoms. The van der Waals surface area contributed by atoms with Gasteiger partial charge in [0.05, 0.1) is 25.0 Å². The van der Waals surface area contributed by atoms with Gasteiger partial charge in [-0.05, 0) is 73.5 Å². The number of carbonyl (C=O) groups excluding carboxylic acids is 1. The van der Waals surface area contributed by atoms with Crippen LogP contribution in [0.5, 0.6) is 17.2 Å². The number of halogens is 4. The number of ether oxygens (including phenoxy) is 4. The van der Waals surface area contributed by atoms with Gasteiger partial charge in [-0.15, -0.1) is 19.4 Å². The highest BCUT2D eigenvalue weighted by Crippen LogP contribution is 2.35. The summed E-state index contributed by atoms with van der Waals surface area (Å²) in [5.41, 5.74) is 0.893. The molecule has 0 bridgehead atoms. The summed E-state index contributed by atoms with van der Waals surface area (Å²) in [4.78, 5) is 25.5. The number of terminal acetylenes is 1. The molecule has 1 aromatic heterocycles. The maximum Gasteiger partial charge on any atom is 0.412 e. The number of rotatable bonds is 6. The lowest BCUT2D eigenvalue weighted by Gasteiger charge is -2.16. The number of alkyl halides is 3. The number of hydrogen-bond acceptors (Lipinski definition) is 7. The summed E-state index contributed by atoms with van der Waals surface area (Å²) in [6.45, 7) is 13.2. The maximum atomic E-state index is 13.5. The SMILES string of the molecule is C#C.C=C/C=C\c1ccc2c(c1OC)C(=O)C/C=C\C=C(\F)CO2.C=CC.C=Cc1ccc2oc3ccc(OC)cc3c(=O)c2c1/C=C(\C)C(F)(F)F.COC. The topological polar surface area (TPSA) is 84.2 Å². The van der Waals surface area contributed by atoms with E-state index >= 15 is 0 Å². The fourth-order valence-electron chi connectivity index (χ4n) is 4.85. The smallest absolute Gasteiger partial charge is 0.412 e. The highest BCUT2D eigenvalue weighted by atomic mass is 19.4. The molecule has 0 unspecified atom stereocenters. The molecule has 0 amide bonds. The molecule has 0 N–H and O–H groups in total. The molecule has 0 atom stereocenters. The van der Waals surface area contributed by atoms with Crippen LogP contribution in [0, 0.1) is 12.8 Å². The highest BCUT2D eigenvalue weighted by molar-refractivity contribution is 6.03. The van der Waals surface area contributed by atoms with E-state index in [1.165, 1.54) is 38.5 Å². The van der Waals surface area contributed by atoms with Crippen molar-refractivity contribution in [2.24, 2.45) is 0 Å². The minimum Gasteiger partial charge on any atom is -0.497 e. The van der Waals surface area contributed by atoms with Gasteiger partial charge in [-0.3, -0.25) is 9.59 Å². The Morgan fingerprint density at radius 3 is 2.12 bits per heavy atom. The molecule has 0 spiro atoms. The van der Waals surface area contributed by atoms with Gasteiger partial charge in [0.1, 0.15) is 46.4 Å². The van der Waals surface area contributed by atoms with Crippen LogP contribution in [0.15, 0.2) is 119 Å². The van der Waals surface area contributed by atoms with E-state index in [9.17, 15) is 27.2 Å². The quantitative estimate of drug-likeness (QED) is 0.0634. The number of benzene rings is 3.